The molecule has 4 N–H and O–H groups in total. The third-order valence-electron chi connectivity index (χ3n) is 2.47. The average Bonchev–Trinajstić information content (AvgIpc) is 2.95. The van der Waals surface area contributed by atoms with Gasteiger partial charge in [-0.2, -0.15) is 0 Å². The van der Waals surface area contributed by atoms with Crippen molar-refractivity contribution in [3.05, 3.63) is 17.3 Å². The van der Waals surface area contributed by atoms with Crippen LogP contribution in [0.3, 0.4) is 0 Å². The molecule has 1 aliphatic rings. The Balaban J connectivity index is 1.91. The van der Waals surface area contributed by atoms with E-state index in [9.17, 15) is 5.11 Å². The number of aliphatic hydroxyl groups is 1. The lowest BCUT2D eigenvalue weighted by Crippen LogP contribution is -2.21. The van der Waals surface area contributed by atoms with E-state index >= 15 is 0 Å². The lowest BCUT2D eigenvalue weighted by molar-refractivity contribution is 0.164. The van der Waals surface area contributed by atoms with Crippen molar-refractivity contribution in [2.45, 2.75) is 18.9 Å². The van der Waals surface area contributed by atoms with E-state index in [4.69, 9.17) is 17.3 Å². The number of nitrogens with two attached hydrogens (primary N) is 1. The zero-order valence-corrected chi connectivity index (χ0v) is 9.04. The van der Waals surface area contributed by atoms with Crippen LogP contribution in [0, 0.1) is 5.92 Å². The molecule has 0 spiro atoms. The van der Waals surface area contributed by atoms with Gasteiger partial charge in [0.2, 0.25) is 0 Å². The molecule has 1 atom stereocenters. The van der Waals surface area contributed by atoms with Crippen molar-refractivity contribution >= 4 is 23.1 Å². The maximum Gasteiger partial charge on any atom is 0.133 e. The summed E-state index contributed by atoms with van der Waals surface area (Å²) in [5.74, 6) is 1.06. The third-order valence-corrected chi connectivity index (χ3v) is 2.67. The average molecular weight is 228 g/mol. The smallest absolute Gasteiger partial charge is 0.133 e. The predicted molar refractivity (Wildman–Crippen MR) is 60.9 cm³/mol. The van der Waals surface area contributed by atoms with Gasteiger partial charge in [-0.15, -0.1) is 0 Å². The first-order chi connectivity index (χ1) is 7.15. The van der Waals surface area contributed by atoms with Crippen LogP contribution in [-0.4, -0.2) is 22.7 Å². The van der Waals surface area contributed by atoms with Gasteiger partial charge in [-0.25, -0.2) is 4.98 Å². The molecule has 1 saturated carbocycles. The fourth-order valence-electron chi connectivity index (χ4n) is 1.46. The van der Waals surface area contributed by atoms with E-state index in [2.05, 4.69) is 10.3 Å². The summed E-state index contributed by atoms with van der Waals surface area (Å²) in [6.45, 7) is 0.497. The highest BCUT2D eigenvalue weighted by Crippen LogP contribution is 2.32. The largest absolute Gasteiger partial charge is 0.399 e. The molecule has 1 fully saturated rings. The molecule has 0 bridgehead atoms. The molecular formula is C10H14ClN3O. The Morgan fingerprint density at radius 2 is 2.33 bits per heavy atom. The van der Waals surface area contributed by atoms with Crippen LogP contribution < -0.4 is 11.1 Å². The van der Waals surface area contributed by atoms with Crippen LogP contribution >= 0.6 is 11.6 Å². The van der Waals surface area contributed by atoms with Crippen molar-refractivity contribution < 1.29 is 5.11 Å². The number of rotatable bonds is 4. The molecule has 1 aromatic rings. The van der Waals surface area contributed by atoms with Gasteiger partial charge < -0.3 is 16.2 Å². The Morgan fingerprint density at radius 1 is 1.60 bits per heavy atom. The minimum absolute atomic E-state index is 0.299. The van der Waals surface area contributed by atoms with Crippen LogP contribution in [0.25, 0.3) is 0 Å². The van der Waals surface area contributed by atoms with Gasteiger partial charge in [-0.1, -0.05) is 11.6 Å². The van der Waals surface area contributed by atoms with E-state index in [-0.39, 0.29) is 6.10 Å². The minimum Gasteiger partial charge on any atom is -0.399 e. The number of nitrogens with zero attached hydrogens (tertiary/aromatic N) is 1. The number of hydrogen-bond acceptors (Lipinski definition) is 4. The topological polar surface area (TPSA) is 71.2 Å². The molecule has 0 amide bonds. The molecule has 5 heteroatoms. The van der Waals surface area contributed by atoms with Crippen molar-refractivity contribution in [1.29, 1.82) is 0 Å². The molecule has 82 valence electrons. The van der Waals surface area contributed by atoms with Crippen molar-refractivity contribution in [3.63, 3.8) is 0 Å². The molecule has 15 heavy (non-hydrogen) atoms. The number of pyridine rings is 1. The Morgan fingerprint density at radius 3 is 2.93 bits per heavy atom. The van der Waals surface area contributed by atoms with E-state index in [1.54, 1.807) is 12.1 Å². The van der Waals surface area contributed by atoms with Gasteiger partial charge in [0.1, 0.15) is 11.0 Å². The number of aliphatic hydroxyl groups excluding tert-OH is 1. The molecule has 1 aromatic heterocycles. The van der Waals surface area contributed by atoms with Crippen molar-refractivity contribution in [2.75, 3.05) is 17.6 Å². The van der Waals surface area contributed by atoms with Crippen LogP contribution in [0.1, 0.15) is 12.8 Å². The highest BCUT2D eigenvalue weighted by atomic mass is 35.5. The highest BCUT2D eigenvalue weighted by molar-refractivity contribution is 6.29. The number of halogens is 1. The van der Waals surface area contributed by atoms with E-state index in [0.29, 0.717) is 29.1 Å². The lowest BCUT2D eigenvalue weighted by atomic mass is 10.2. The quantitative estimate of drug-likeness (QED) is 0.682. The zero-order chi connectivity index (χ0) is 10.8. The summed E-state index contributed by atoms with van der Waals surface area (Å²) in [7, 11) is 0. The number of nitrogen functional groups attached to an aromatic ring is 1. The van der Waals surface area contributed by atoms with Crippen molar-refractivity contribution in [3.8, 4) is 0 Å². The van der Waals surface area contributed by atoms with Crippen LogP contribution in [0.4, 0.5) is 11.5 Å². The molecule has 2 rings (SSSR count). The first-order valence-corrected chi connectivity index (χ1v) is 5.38. The monoisotopic (exact) mass is 227 g/mol. The standard InChI is InChI=1S/C10H14ClN3O/c11-9-3-7(12)4-10(14-9)13-5-8(15)6-1-2-6/h3-4,6,8,15H,1-2,5H2,(H3,12,13,14). The van der Waals surface area contributed by atoms with Gasteiger partial charge in [-0.3, -0.25) is 0 Å². The number of nitrogens with one attached hydrogen (secondary N) is 1. The number of anilines is 2. The highest BCUT2D eigenvalue weighted by Gasteiger charge is 2.29. The van der Waals surface area contributed by atoms with E-state index < -0.39 is 0 Å². The second-order valence-electron chi connectivity index (χ2n) is 3.89. The summed E-state index contributed by atoms with van der Waals surface area (Å²) >= 11 is 5.75. The SMILES string of the molecule is Nc1cc(Cl)nc(NCC(O)C2CC2)c1. The molecule has 0 saturated heterocycles. The molecule has 0 aromatic carbocycles. The molecule has 1 aliphatic carbocycles. The number of aromatic nitrogens is 1. The first kappa shape index (κ1) is 10.5. The van der Waals surface area contributed by atoms with E-state index in [0.717, 1.165) is 12.8 Å². The van der Waals surface area contributed by atoms with Gasteiger partial charge >= 0.3 is 0 Å². The van der Waals surface area contributed by atoms with Gasteiger partial charge in [0.05, 0.1) is 6.10 Å². The lowest BCUT2D eigenvalue weighted by Gasteiger charge is -2.11. The van der Waals surface area contributed by atoms with Crippen LogP contribution in [0.15, 0.2) is 12.1 Å². The minimum atomic E-state index is -0.299. The fraction of sp³-hybridized carbons (Fsp3) is 0.500. The van der Waals surface area contributed by atoms with E-state index in [1.165, 1.54) is 0 Å². The number of hydrogen-bond donors (Lipinski definition) is 3. The summed E-state index contributed by atoms with van der Waals surface area (Å²) in [5, 5.41) is 13.0. The van der Waals surface area contributed by atoms with E-state index in [1.807, 2.05) is 0 Å². The molecule has 4 nitrogen and oxygen atoms in total. The van der Waals surface area contributed by atoms with Gasteiger partial charge in [0.25, 0.3) is 0 Å². The Bertz CT molecular complexity index is 334. The predicted octanol–water partition coefficient (Wildman–Crippen LogP) is 1.50. The maximum absolute atomic E-state index is 9.63. The Hall–Kier alpha value is -1.00. The van der Waals surface area contributed by atoms with Gasteiger partial charge in [-0.05, 0) is 24.8 Å². The second-order valence-corrected chi connectivity index (χ2v) is 4.28. The zero-order valence-electron chi connectivity index (χ0n) is 8.28. The fourth-order valence-corrected chi connectivity index (χ4v) is 1.68. The Kier molecular flexibility index (Phi) is 2.98. The van der Waals surface area contributed by atoms with Crippen molar-refractivity contribution in [2.24, 2.45) is 5.92 Å². The molecule has 1 unspecified atom stereocenters. The Labute approximate surface area is 93.5 Å². The summed E-state index contributed by atoms with van der Waals surface area (Å²) in [6.07, 6.45) is 1.94. The summed E-state index contributed by atoms with van der Waals surface area (Å²) in [5.41, 5.74) is 6.18. The summed E-state index contributed by atoms with van der Waals surface area (Å²) in [4.78, 5) is 4.05. The summed E-state index contributed by atoms with van der Waals surface area (Å²) in [6, 6.07) is 3.29. The van der Waals surface area contributed by atoms with Crippen molar-refractivity contribution in [1.82, 2.24) is 4.98 Å². The van der Waals surface area contributed by atoms with Gasteiger partial charge in [0.15, 0.2) is 0 Å². The van der Waals surface area contributed by atoms with Crippen LogP contribution in [-0.2, 0) is 0 Å². The molecule has 1 heterocycles. The second kappa shape index (κ2) is 4.24. The van der Waals surface area contributed by atoms with Crippen LogP contribution in [0.2, 0.25) is 5.15 Å². The van der Waals surface area contributed by atoms with Crippen LogP contribution in [0.5, 0.6) is 0 Å². The normalized spacial score (nSPS) is 17.5. The third kappa shape index (κ3) is 2.97. The summed E-state index contributed by atoms with van der Waals surface area (Å²) < 4.78 is 0. The first-order valence-electron chi connectivity index (χ1n) is 5.00. The maximum atomic E-state index is 9.63. The molecule has 0 aliphatic heterocycles. The van der Waals surface area contributed by atoms with Gasteiger partial charge in [0, 0.05) is 18.3 Å². The molecular weight excluding hydrogens is 214 g/mol. The molecule has 0 radical (unpaired) electrons.